The van der Waals surface area contributed by atoms with Crippen molar-refractivity contribution in [3.05, 3.63) is 59.7 Å². The fraction of sp³-hybridized carbons (Fsp3) is 0.278. The molecule has 0 spiro atoms. The van der Waals surface area contributed by atoms with Crippen molar-refractivity contribution < 1.29 is 4.74 Å². The fourth-order valence-corrected chi connectivity index (χ4v) is 2.10. The van der Waals surface area contributed by atoms with E-state index in [1.54, 1.807) is 0 Å². The third kappa shape index (κ3) is 4.81. The van der Waals surface area contributed by atoms with Crippen LogP contribution in [-0.4, -0.2) is 19.1 Å². The fourth-order valence-electron chi connectivity index (χ4n) is 2.10. The third-order valence-corrected chi connectivity index (χ3v) is 3.33. The first-order valence-electron chi connectivity index (χ1n) is 7.53. The molecular weight excluding hydrogens is 274 g/mol. The highest BCUT2D eigenvalue weighted by Crippen LogP contribution is 2.15. The number of benzene rings is 2. The van der Waals surface area contributed by atoms with Gasteiger partial charge in [-0.1, -0.05) is 37.3 Å². The van der Waals surface area contributed by atoms with Crippen molar-refractivity contribution in [3.8, 4) is 5.75 Å². The van der Waals surface area contributed by atoms with E-state index in [-0.39, 0.29) is 0 Å². The van der Waals surface area contributed by atoms with E-state index < -0.39 is 0 Å². The molecule has 2 aromatic carbocycles. The summed E-state index contributed by atoms with van der Waals surface area (Å²) in [5, 5.41) is 3.10. The lowest BCUT2D eigenvalue weighted by atomic mass is 10.1. The maximum Gasteiger partial charge on any atom is 0.193 e. The number of nitrogens with one attached hydrogen (secondary N) is 1. The zero-order valence-electron chi connectivity index (χ0n) is 13.2. The zero-order chi connectivity index (χ0) is 15.8. The van der Waals surface area contributed by atoms with Crippen LogP contribution in [-0.2, 0) is 6.42 Å². The molecule has 0 aromatic heterocycles. The van der Waals surface area contributed by atoms with Gasteiger partial charge in [0.05, 0.1) is 6.54 Å². The summed E-state index contributed by atoms with van der Waals surface area (Å²) in [6.07, 6.45) is 0.997. The highest BCUT2D eigenvalue weighted by atomic mass is 16.5. The number of guanidine groups is 1. The predicted octanol–water partition coefficient (Wildman–Crippen LogP) is 3.36. The molecule has 0 fully saturated rings. The van der Waals surface area contributed by atoms with Gasteiger partial charge >= 0.3 is 0 Å². The lowest BCUT2D eigenvalue weighted by Crippen LogP contribution is -2.23. The van der Waals surface area contributed by atoms with Gasteiger partial charge in [0.2, 0.25) is 0 Å². The molecule has 0 atom stereocenters. The number of nitrogens with zero attached hydrogens (tertiary/aromatic N) is 1. The average molecular weight is 297 g/mol. The Kier molecular flexibility index (Phi) is 5.83. The molecule has 0 aliphatic rings. The Bertz CT molecular complexity index is 638. The Morgan fingerprint density at radius 1 is 1.18 bits per heavy atom. The molecule has 0 saturated carbocycles. The van der Waals surface area contributed by atoms with Crippen LogP contribution in [0.1, 0.15) is 18.1 Å². The molecule has 4 heteroatoms. The second-order valence-electron chi connectivity index (χ2n) is 5.06. The van der Waals surface area contributed by atoms with E-state index in [9.17, 15) is 0 Å². The lowest BCUT2D eigenvalue weighted by Gasteiger charge is -2.09. The van der Waals surface area contributed by atoms with Crippen molar-refractivity contribution in [2.24, 2.45) is 10.7 Å². The van der Waals surface area contributed by atoms with Gasteiger partial charge in [-0.25, -0.2) is 4.99 Å². The number of aliphatic imine (C=N–C) groups is 1. The van der Waals surface area contributed by atoms with Crippen LogP contribution in [0, 0.1) is 6.92 Å². The van der Waals surface area contributed by atoms with Gasteiger partial charge in [0.25, 0.3) is 0 Å². The SMILES string of the molecule is CCc1cccc(NC(N)=NCCOc2ccccc2C)c1. The molecule has 0 amide bonds. The van der Waals surface area contributed by atoms with Gasteiger partial charge in [-0.3, -0.25) is 0 Å². The maximum atomic E-state index is 5.89. The minimum atomic E-state index is 0.404. The van der Waals surface area contributed by atoms with Gasteiger partial charge in [-0.2, -0.15) is 0 Å². The summed E-state index contributed by atoms with van der Waals surface area (Å²) in [6.45, 7) is 5.16. The topological polar surface area (TPSA) is 59.6 Å². The summed E-state index contributed by atoms with van der Waals surface area (Å²) in [5.41, 5.74) is 9.23. The molecule has 116 valence electrons. The molecule has 2 rings (SSSR count). The third-order valence-electron chi connectivity index (χ3n) is 3.33. The number of ether oxygens (including phenoxy) is 1. The van der Waals surface area contributed by atoms with Gasteiger partial charge in [0.1, 0.15) is 12.4 Å². The van der Waals surface area contributed by atoms with Gasteiger partial charge in [-0.15, -0.1) is 0 Å². The first-order valence-corrected chi connectivity index (χ1v) is 7.53. The van der Waals surface area contributed by atoms with Crippen LogP contribution in [0.15, 0.2) is 53.5 Å². The molecular formula is C18H23N3O. The average Bonchev–Trinajstić information content (AvgIpc) is 2.53. The monoisotopic (exact) mass is 297 g/mol. The molecule has 0 radical (unpaired) electrons. The molecule has 0 bridgehead atoms. The van der Waals surface area contributed by atoms with Gasteiger partial charge < -0.3 is 15.8 Å². The molecule has 22 heavy (non-hydrogen) atoms. The maximum absolute atomic E-state index is 5.89. The Balaban J connectivity index is 1.81. The van der Waals surface area contributed by atoms with E-state index in [0.717, 1.165) is 23.4 Å². The van der Waals surface area contributed by atoms with E-state index >= 15 is 0 Å². The zero-order valence-corrected chi connectivity index (χ0v) is 13.2. The summed E-state index contributed by atoms with van der Waals surface area (Å²) in [6, 6.07) is 16.1. The highest BCUT2D eigenvalue weighted by Gasteiger charge is 1.98. The number of aryl methyl sites for hydroxylation is 2. The van der Waals surface area contributed by atoms with E-state index in [2.05, 4.69) is 29.4 Å². The van der Waals surface area contributed by atoms with Crippen molar-refractivity contribution in [2.75, 3.05) is 18.5 Å². The van der Waals surface area contributed by atoms with Crippen molar-refractivity contribution in [3.63, 3.8) is 0 Å². The molecule has 0 unspecified atom stereocenters. The minimum absolute atomic E-state index is 0.404. The van der Waals surface area contributed by atoms with E-state index in [1.807, 2.05) is 43.3 Å². The second-order valence-corrected chi connectivity index (χ2v) is 5.06. The molecule has 0 aliphatic heterocycles. The summed E-state index contributed by atoms with van der Waals surface area (Å²) >= 11 is 0. The summed E-state index contributed by atoms with van der Waals surface area (Å²) in [5.74, 6) is 1.29. The summed E-state index contributed by atoms with van der Waals surface area (Å²) < 4.78 is 5.68. The molecule has 0 aliphatic carbocycles. The van der Waals surface area contributed by atoms with Crippen LogP contribution in [0.5, 0.6) is 5.75 Å². The van der Waals surface area contributed by atoms with Crippen LogP contribution in [0.3, 0.4) is 0 Å². The highest BCUT2D eigenvalue weighted by molar-refractivity contribution is 5.92. The Hall–Kier alpha value is -2.49. The largest absolute Gasteiger partial charge is 0.491 e. The number of rotatable bonds is 6. The van der Waals surface area contributed by atoms with Crippen LogP contribution < -0.4 is 15.8 Å². The Morgan fingerprint density at radius 2 is 2.00 bits per heavy atom. The number of hydrogen-bond donors (Lipinski definition) is 2. The number of hydrogen-bond acceptors (Lipinski definition) is 2. The van der Waals surface area contributed by atoms with Crippen LogP contribution in [0.25, 0.3) is 0 Å². The number of para-hydroxylation sites is 1. The molecule has 4 nitrogen and oxygen atoms in total. The normalized spacial score (nSPS) is 11.3. The number of anilines is 1. The lowest BCUT2D eigenvalue weighted by molar-refractivity contribution is 0.326. The Labute approximate surface area is 132 Å². The summed E-state index contributed by atoms with van der Waals surface area (Å²) in [7, 11) is 0. The first kappa shape index (κ1) is 15.9. The second kappa shape index (κ2) is 8.08. The van der Waals surface area contributed by atoms with Crippen molar-refractivity contribution in [1.29, 1.82) is 0 Å². The first-order chi connectivity index (χ1) is 10.7. The van der Waals surface area contributed by atoms with Crippen LogP contribution in [0.2, 0.25) is 0 Å². The van der Waals surface area contributed by atoms with Crippen molar-refractivity contribution in [2.45, 2.75) is 20.3 Å². The summed E-state index contributed by atoms with van der Waals surface area (Å²) in [4.78, 5) is 4.28. The van der Waals surface area contributed by atoms with Crippen LogP contribution in [0.4, 0.5) is 5.69 Å². The van der Waals surface area contributed by atoms with Gasteiger partial charge in [0, 0.05) is 5.69 Å². The van der Waals surface area contributed by atoms with Crippen molar-refractivity contribution >= 4 is 11.6 Å². The van der Waals surface area contributed by atoms with Crippen molar-refractivity contribution in [1.82, 2.24) is 0 Å². The number of nitrogens with two attached hydrogens (primary N) is 1. The molecule has 0 heterocycles. The predicted molar refractivity (Wildman–Crippen MR) is 92.6 cm³/mol. The van der Waals surface area contributed by atoms with E-state index in [4.69, 9.17) is 10.5 Å². The van der Waals surface area contributed by atoms with E-state index in [0.29, 0.717) is 19.1 Å². The van der Waals surface area contributed by atoms with Crippen LogP contribution >= 0.6 is 0 Å². The quantitative estimate of drug-likeness (QED) is 0.488. The standard InChI is InChI=1S/C18H23N3O/c1-3-15-8-6-9-16(13-15)21-18(19)20-11-12-22-17-10-5-4-7-14(17)2/h4-10,13H,3,11-12H2,1-2H3,(H3,19,20,21). The van der Waals surface area contributed by atoms with Gasteiger partial charge in [0.15, 0.2) is 5.96 Å². The molecule has 2 aromatic rings. The Morgan fingerprint density at radius 3 is 2.77 bits per heavy atom. The smallest absolute Gasteiger partial charge is 0.193 e. The molecule has 0 saturated heterocycles. The molecule has 3 N–H and O–H groups in total. The van der Waals surface area contributed by atoms with E-state index in [1.165, 1.54) is 5.56 Å². The minimum Gasteiger partial charge on any atom is -0.491 e. The van der Waals surface area contributed by atoms with Gasteiger partial charge in [-0.05, 0) is 42.7 Å².